The molecule has 0 aliphatic carbocycles. The van der Waals surface area contributed by atoms with Crippen LogP contribution in [0.15, 0.2) is 73.3 Å². The van der Waals surface area contributed by atoms with Crippen molar-refractivity contribution in [1.29, 1.82) is 0 Å². The molecule has 5 heteroatoms. The summed E-state index contributed by atoms with van der Waals surface area (Å²) in [7, 11) is 0. The highest BCUT2D eigenvalue weighted by Crippen LogP contribution is 2.29. The SMILES string of the molecule is C=CCCCO[C@H]1O[C@@H]([C@@H](C)OCc2ccccc2)[C@H](OCc2ccccc2)[C@H]1O. The lowest BCUT2D eigenvalue weighted by molar-refractivity contribution is -0.182. The van der Waals surface area contributed by atoms with Gasteiger partial charge >= 0.3 is 0 Å². The van der Waals surface area contributed by atoms with Crippen molar-refractivity contribution >= 4 is 0 Å². The molecule has 0 bridgehead atoms. The van der Waals surface area contributed by atoms with E-state index in [1.807, 2.05) is 73.7 Å². The van der Waals surface area contributed by atoms with Crippen molar-refractivity contribution in [3.8, 4) is 0 Å². The summed E-state index contributed by atoms with van der Waals surface area (Å²) in [6, 6.07) is 19.9. The zero-order valence-electron chi connectivity index (χ0n) is 17.6. The summed E-state index contributed by atoms with van der Waals surface area (Å²) < 4.78 is 24.0. The first-order valence-corrected chi connectivity index (χ1v) is 10.6. The standard InChI is InChI=1S/C25H32O5/c1-3-4-11-16-27-25-22(26)24(29-18-21-14-9-6-10-15-21)23(30-25)19(2)28-17-20-12-7-5-8-13-20/h3,5-10,12-15,19,22-26H,1,4,11,16-18H2,2H3/t19-,22-,23+,24-,25+/m1/s1. The second-order valence-electron chi connectivity index (χ2n) is 7.52. The van der Waals surface area contributed by atoms with Gasteiger partial charge in [0.1, 0.15) is 18.3 Å². The third-order valence-corrected chi connectivity index (χ3v) is 5.17. The van der Waals surface area contributed by atoms with Gasteiger partial charge in [-0.1, -0.05) is 66.7 Å². The highest BCUT2D eigenvalue weighted by molar-refractivity contribution is 5.14. The molecule has 0 unspecified atom stereocenters. The van der Waals surface area contributed by atoms with Crippen molar-refractivity contribution in [2.45, 2.75) is 63.7 Å². The van der Waals surface area contributed by atoms with Crippen LogP contribution in [0, 0.1) is 0 Å². The molecule has 3 rings (SSSR count). The third-order valence-electron chi connectivity index (χ3n) is 5.17. The zero-order valence-corrected chi connectivity index (χ0v) is 17.6. The molecule has 1 fully saturated rings. The third kappa shape index (κ3) is 6.49. The van der Waals surface area contributed by atoms with Gasteiger partial charge in [-0.2, -0.15) is 0 Å². The largest absolute Gasteiger partial charge is 0.385 e. The molecule has 5 atom stereocenters. The molecule has 2 aromatic carbocycles. The summed E-state index contributed by atoms with van der Waals surface area (Å²) in [5.41, 5.74) is 2.12. The van der Waals surface area contributed by atoms with Crippen LogP contribution in [-0.4, -0.2) is 42.4 Å². The van der Waals surface area contributed by atoms with Crippen molar-refractivity contribution in [2.75, 3.05) is 6.61 Å². The van der Waals surface area contributed by atoms with E-state index in [4.69, 9.17) is 18.9 Å². The van der Waals surface area contributed by atoms with Crippen LogP contribution in [0.5, 0.6) is 0 Å². The Hall–Kier alpha value is -2.02. The molecule has 30 heavy (non-hydrogen) atoms. The number of aliphatic hydroxyl groups excluding tert-OH is 1. The number of aliphatic hydroxyl groups is 1. The molecule has 0 spiro atoms. The van der Waals surface area contributed by atoms with Crippen LogP contribution in [0.4, 0.5) is 0 Å². The summed E-state index contributed by atoms with van der Waals surface area (Å²) in [6.07, 6.45) is 0.671. The fourth-order valence-corrected chi connectivity index (χ4v) is 3.46. The molecule has 2 aromatic rings. The number of rotatable bonds is 12. The molecule has 162 valence electrons. The van der Waals surface area contributed by atoms with Crippen LogP contribution in [-0.2, 0) is 32.2 Å². The van der Waals surface area contributed by atoms with E-state index in [-0.39, 0.29) is 6.10 Å². The molecule has 1 aliphatic rings. The minimum Gasteiger partial charge on any atom is -0.385 e. The smallest absolute Gasteiger partial charge is 0.186 e. The monoisotopic (exact) mass is 412 g/mol. The summed E-state index contributed by atoms with van der Waals surface area (Å²) in [4.78, 5) is 0. The quantitative estimate of drug-likeness (QED) is 0.417. The molecule has 1 aliphatic heterocycles. The van der Waals surface area contributed by atoms with Gasteiger partial charge in [0.2, 0.25) is 0 Å². The second kappa shape index (κ2) is 12.0. The normalized spacial score (nSPS) is 24.6. The van der Waals surface area contributed by atoms with Gasteiger partial charge in [-0.15, -0.1) is 6.58 Å². The maximum Gasteiger partial charge on any atom is 0.186 e. The molecule has 0 amide bonds. The first-order chi connectivity index (χ1) is 14.7. The van der Waals surface area contributed by atoms with Gasteiger partial charge in [0, 0.05) is 0 Å². The van der Waals surface area contributed by atoms with Crippen molar-refractivity contribution in [3.63, 3.8) is 0 Å². The van der Waals surface area contributed by atoms with Crippen LogP contribution in [0.25, 0.3) is 0 Å². The van der Waals surface area contributed by atoms with Crippen LogP contribution < -0.4 is 0 Å². The first-order valence-electron chi connectivity index (χ1n) is 10.6. The molecule has 0 aromatic heterocycles. The van der Waals surface area contributed by atoms with E-state index in [1.54, 1.807) is 0 Å². The van der Waals surface area contributed by atoms with Gasteiger partial charge < -0.3 is 24.1 Å². The van der Waals surface area contributed by atoms with Gasteiger partial charge in [-0.3, -0.25) is 0 Å². The maximum atomic E-state index is 10.8. The Morgan fingerprint density at radius 2 is 1.63 bits per heavy atom. The van der Waals surface area contributed by atoms with Crippen molar-refractivity contribution in [2.24, 2.45) is 0 Å². The summed E-state index contributed by atoms with van der Waals surface area (Å²) in [6.45, 7) is 7.01. The fourth-order valence-electron chi connectivity index (χ4n) is 3.46. The second-order valence-corrected chi connectivity index (χ2v) is 7.52. The highest BCUT2D eigenvalue weighted by atomic mass is 16.7. The Labute approximate surface area is 179 Å². The van der Waals surface area contributed by atoms with Crippen LogP contribution >= 0.6 is 0 Å². The fraction of sp³-hybridized carbons (Fsp3) is 0.440. The Morgan fingerprint density at radius 3 is 2.27 bits per heavy atom. The van der Waals surface area contributed by atoms with E-state index in [9.17, 15) is 5.11 Å². The van der Waals surface area contributed by atoms with Crippen molar-refractivity contribution in [3.05, 3.63) is 84.4 Å². The number of hydrogen-bond acceptors (Lipinski definition) is 5. The van der Waals surface area contributed by atoms with E-state index in [2.05, 4.69) is 6.58 Å². The van der Waals surface area contributed by atoms with E-state index < -0.39 is 24.6 Å². The lowest BCUT2D eigenvalue weighted by Crippen LogP contribution is -2.41. The Bertz CT molecular complexity index is 736. The van der Waals surface area contributed by atoms with Crippen LogP contribution in [0.2, 0.25) is 0 Å². The number of unbranched alkanes of at least 4 members (excludes halogenated alkanes) is 1. The number of ether oxygens (including phenoxy) is 4. The van der Waals surface area contributed by atoms with Crippen molar-refractivity contribution < 1.29 is 24.1 Å². The summed E-state index contributed by atoms with van der Waals surface area (Å²) in [5.74, 6) is 0. The lowest BCUT2D eigenvalue weighted by Gasteiger charge is -2.25. The van der Waals surface area contributed by atoms with E-state index in [1.165, 1.54) is 0 Å². The Kier molecular flexibility index (Phi) is 9.05. The Balaban J connectivity index is 1.61. The van der Waals surface area contributed by atoms with Crippen LogP contribution in [0.3, 0.4) is 0 Å². The molecule has 0 saturated carbocycles. The molecule has 1 heterocycles. The molecule has 1 saturated heterocycles. The van der Waals surface area contributed by atoms with Gasteiger partial charge in [0.15, 0.2) is 6.29 Å². The highest BCUT2D eigenvalue weighted by Gasteiger charge is 2.47. The van der Waals surface area contributed by atoms with Gasteiger partial charge in [-0.25, -0.2) is 0 Å². The van der Waals surface area contributed by atoms with Gasteiger partial charge in [0.05, 0.1) is 25.9 Å². The van der Waals surface area contributed by atoms with E-state index >= 15 is 0 Å². The number of hydrogen-bond donors (Lipinski definition) is 1. The van der Waals surface area contributed by atoms with E-state index in [0.29, 0.717) is 19.8 Å². The average Bonchev–Trinajstić information content (AvgIpc) is 3.10. The predicted molar refractivity (Wildman–Crippen MR) is 116 cm³/mol. The first kappa shape index (κ1) is 22.7. The van der Waals surface area contributed by atoms with Gasteiger partial charge in [0.25, 0.3) is 0 Å². The van der Waals surface area contributed by atoms with Crippen LogP contribution in [0.1, 0.15) is 30.9 Å². The molecule has 1 N–H and O–H groups in total. The number of allylic oxidation sites excluding steroid dienone is 1. The summed E-state index contributed by atoms with van der Waals surface area (Å²) in [5, 5.41) is 10.8. The maximum absolute atomic E-state index is 10.8. The van der Waals surface area contributed by atoms with Crippen molar-refractivity contribution in [1.82, 2.24) is 0 Å². The average molecular weight is 413 g/mol. The summed E-state index contributed by atoms with van der Waals surface area (Å²) >= 11 is 0. The molecule has 0 radical (unpaired) electrons. The van der Waals surface area contributed by atoms with Gasteiger partial charge in [-0.05, 0) is 30.9 Å². The topological polar surface area (TPSA) is 57.2 Å². The molecular weight excluding hydrogens is 380 g/mol. The minimum atomic E-state index is -0.884. The molecular formula is C25H32O5. The lowest BCUT2D eigenvalue weighted by atomic mass is 10.1. The molecule has 5 nitrogen and oxygen atoms in total. The predicted octanol–water partition coefficient (Wildman–Crippen LogP) is 4.25. The minimum absolute atomic E-state index is 0.276. The Morgan fingerprint density at radius 1 is 1.00 bits per heavy atom. The van der Waals surface area contributed by atoms with E-state index in [0.717, 1.165) is 24.0 Å². The number of benzene rings is 2. The zero-order chi connectivity index (χ0) is 21.2.